The predicted molar refractivity (Wildman–Crippen MR) is 100 cm³/mol. The van der Waals surface area contributed by atoms with Gasteiger partial charge in [-0.3, -0.25) is 9.20 Å². The first-order valence-corrected chi connectivity index (χ1v) is 9.99. The normalized spacial score (nSPS) is 11.5. The number of carbonyl (C=O) groups is 1. The van der Waals surface area contributed by atoms with E-state index < -0.39 is 15.7 Å². The number of aromatic nitrogens is 2. The van der Waals surface area contributed by atoms with Gasteiger partial charge in [-0.25, -0.2) is 13.4 Å². The van der Waals surface area contributed by atoms with Gasteiger partial charge in [-0.15, -0.1) is 0 Å². The number of methoxy groups -OCH3 is 1. The van der Waals surface area contributed by atoms with Crippen LogP contribution in [-0.4, -0.2) is 50.3 Å². The van der Waals surface area contributed by atoms with Crippen LogP contribution in [0.15, 0.2) is 53.8 Å². The number of pyridine rings is 1. The Hall–Kier alpha value is -2.91. The van der Waals surface area contributed by atoms with E-state index in [0.29, 0.717) is 30.2 Å². The number of fused-ring (bicyclic) bond motifs is 1. The van der Waals surface area contributed by atoms with Crippen molar-refractivity contribution in [3.05, 3.63) is 54.4 Å². The molecule has 9 heteroatoms. The minimum Gasteiger partial charge on any atom is -0.491 e. The Morgan fingerprint density at radius 1 is 1.15 bits per heavy atom. The maximum atomic E-state index is 12.6. The number of rotatable bonds is 7. The number of ether oxygens (including phenoxy) is 2. The van der Waals surface area contributed by atoms with Crippen LogP contribution in [0.4, 0.5) is 5.69 Å². The summed E-state index contributed by atoms with van der Waals surface area (Å²) >= 11 is 0. The first-order chi connectivity index (χ1) is 12.9. The van der Waals surface area contributed by atoms with E-state index in [1.165, 1.54) is 4.40 Å². The van der Waals surface area contributed by atoms with Crippen LogP contribution in [0.3, 0.4) is 0 Å². The van der Waals surface area contributed by atoms with Crippen LogP contribution in [0.25, 0.3) is 5.52 Å². The summed E-state index contributed by atoms with van der Waals surface area (Å²) in [6.07, 6.45) is 2.61. The zero-order valence-electron chi connectivity index (χ0n) is 14.9. The zero-order chi connectivity index (χ0) is 19.4. The smallest absolute Gasteiger partial charge is 0.276 e. The van der Waals surface area contributed by atoms with Gasteiger partial charge in [0.2, 0.25) is 15.0 Å². The summed E-state index contributed by atoms with van der Waals surface area (Å²) in [5.74, 6) is 0.151. The van der Waals surface area contributed by atoms with Crippen molar-refractivity contribution in [2.24, 2.45) is 0 Å². The van der Waals surface area contributed by atoms with E-state index in [-0.39, 0.29) is 10.9 Å². The summed E-state index contributed by atoms with van der Waals surface area (Å²) in [6.45, 7) is 0.908. The van der Waals surface area contributed by atoms with Crippen LogP contribution in [0, 0.1) is 0 Å². The molecule has 3 rings (SSSR count). The van der Waals surface area contributed by atoms with Gasteiger partial charge < -0.3 is 14.8 Å². The number of anilines is 1. The van der Waals surface area contributed by atoms with Gasteiger partial charge in [0.25, 0.3) is 5.91 Å². The van der Waals surface area contributed by atoms with Gasteiger partial charge in [-0.2, -0.15) is 0 Å². The van der Waals surface area contributed by atoms with Gasteiger partial charge in [0.1, 0.15) is 12.4 Å². The van der Waals surface area contributed by atoms with E-state index in [1.807, 2.05) is 0 Å². The second kappa shape index (κ2) is 7.77. The number of amides is 1. The van der Waals surface area contributed by atoms with Gasteiger partial charge in [-0.1, -0.05) is 6.07 Å². The van der Waals surface area contributed by atoms with Crippen molar-refractivity contribution in [2.75, 3.05) is 31.9 Å². The first kappa shape index (κ1) is 18.9. The highest BCUT2D eigenvalue weighted by Crippen LogP contribution is 2.20. The fraction of sp³-hybridized carbons (Fsp3) is 0.222. The molecule has 0 fully saturated rings. The topological polar surface area (TPSA) is 99.0 Å². The molecule has 1 aromatic carbocycles. The molecule has 3 aromatic rings. The fourth-order valence-electron chi connectivity index (χ4n) is 2.51. The minimum atomic E-state index is -3.59. The molecule has 0 unspecified atom stereocenters. The highest BCUT2D eigenvalue weighted by atomic mass is 32.2. The SMILES string of the molecule is COCCOc1ccc(NC(=O)c2nc(S(C)(=O)=O)n3ccccc23)cc1. The van der Waals surface area contributed by atoms with Gasteiger partial charge >= 0.3 is 0 Å². The lowest BCUT2D eigenvalue weighted by Crippen LogP contribution is -2.13. The molecule has 0 aliphatic rings. The monoisotopic (exact) mass is 389 g/mol. The number of imidazole rings is 1. The molecule has 27 heavy (non-hydrogen) atoms. The van der Waals surface area contributed by atoms with Crippen molar-refractivity contribution in [1.29, 1.82) is 0 Å². The number of benzene rings is 1. The van der Waals surface area contributed by atoms with E-state index in [0.717, 1.165) is 6.26 Å². The third-order valence-electron chi connectivity index (χ3n) is 3.73. The van der Waals surface area contributed by atoms with Crippen molar-refractivity contribution < 1.29 is 22.7 Å². The molecule has 0 radical (unpaired) electrons. The lowest BCUT2D eigenvalue weighted by atomic mass is 10.2. The Labute approximate surface area is 156 Å². The third-order valence-corrected chi connectivity index (χ3v) is 4.68. The average Bonchev–Trinajstić information content (AvgIpc) is 3.03. The molecule has 142 valence electrons. The number of carbonyl (C=O) groups excluding carboxylic acids is 1. The summed E-state index contributed by atoms with van der Waals surface area (Å²) in [7, 11) is -1.99. The van der Waals surface area contributed by atoms with Crippen LogP contribution >= 0.6 is 0 Å². The highest BCUT2D eigenvalue weighted by Gasteiger charge is 2.22. The molecular weight excluding hydrogens is 370 g/mol. The molecule has 0 aliphatic heterocycles. The molecule has 0 bridgehead atoms. The Balaban J connectivity index is 1.83. The van der Waals surface area contributed by atoms with Gasteiger partial charge in [0.15, 0.2) is 5.69 Å². The van der Waals surface area contributed by atoms with Crippen LogP contribution < -0.4 is 10.1 Å². The van der Waals surface area contributed by atoms with Gasteiger partial charge in [0, 0.05) is 25.2 Å². The van der Waals surface area contributed by atoms with Gasteiger partial charge in [0.05, 0.1) is 12.1 Å². The van der Waals surface area contributed by atoms with E-state index >= 15 is 0 Å². The third kappa shape index (κ3) is 4.26. The summed E-state index contributed by atoms with van der Waals surface area (Å²) < 4.78 is 35.7. The molecule has 2 heterocycles. The van der Waals surface area contributed by atoms with E-state index in [2.05, 4.69) is 10.3 Å². The summed E-state index contributed by atoms with van der Waals surface area (Å²) in [6, 6.07) is 11.9. The number of sulfone groups is 1. The van der Waals surface area contributed by atoms with Crippen LogP contribution in [-0.2, 0) is 14.6 Å². The maximum absolute atomic E-state index is 12.6. The second-order valence-electron chi connectivity index (χ2n) is 5.79. The largest absolute Gasteiger partial charge is 0.491 e. The molecule has 1 amide bonds. The molecular formula is C18H19N3O5S. The zero-order valence-corrected chi connectivity index (χ0v) is 15.7. The Morgan fingerprint density at radius 2 is 1.89 bits per heavy atom. The molecule has 0 atom stereocenters. The molecule has 1 N–H and O–H groups in total. The molecule has 2 aromatic heterocycles. The second-order valence-corrected chi connectivity index (χ2v) is 7.70. The molecule has 0 aliphatic carbocycles. The summed E-state index contributed by atoms with van der Waals surface area (Å²) in [5, 5.41) is 2.54. The van der Waals surface area contributed by atoms with Crippen molar-refractivity contribution in [3.8, 4) is 5.75 Å². The number of hydrogen-bond donors (Lipinski definition) is 1. The number of nitrogens with one attached hydrogen (secondary N) is 1. The van der Waals surface area contributed by atoms with E-state index in [9.17, 15) is 13.2 Å². The average molecular weight is 389 g/mol. The standard InChI is InChI=1S/C18H19N3O5S/c1-25-11-12-26-14-8-6-13(7-9-14)19-17(22)16-15-5-3-4-10-21(15)18(20-16)27(2,23)24/h3-10H,11-12H2,1-2H3,(H,19,22). The lowest BCUT2D eigenvalue weighted by Gasteiger charge is -2.07. The van der Waals surface area contributed by atoms with Crippen LogP contribution in [0.1, 0.15) is 10.5 Å². The molecule has 0 saturated carbocycles. The van der Waals surface area contributed by atoms with Gasteiger partial charge in [-0.05, 0) is 36.4 Å². The van der Waals surface area contributed by atoms with Crippen molar-refractivity contribution in [1.82, 2.24) is 9.38 Å². The van der Waals surface area contributed by atoms with Crippen LogP contribution in [0.5, 0.6) is 5.75 Å². The quantitative estimate of drug-likeness (QED) is 0.621. The first-order valence-electron chi connectivity index (χ1n) is 8.10. The summed E-state index contributed by atoms with van der Waals surface area (Å²) in [5.41, 5.74) is 0.989. The molecule has 0 spiro atoms. The highest BCUT2D eigenvalue weighted by molar-refractivity contribution is 7.90. The predicted octanol–water partition coefficient (Wildman–Crippen LogP) is 2.02. The summed E-state index contributed by atoms with van der Waals surface area (Å²) in [4.78, 5) is 16.7. The number of hydrogen-bond acceptors (Lipinski definition) is 6. The van der Waals surface area contributed by atoms with Crippen molar-refractivity contribution in [3.63, 3.8) is 0 Å². The Morgan fingerprint density at radius 3 is 2.56 bits per heavy atom. The van der Waals surface area contributed by atoms with E-state index in [1.54, 1.807) is 55.8 Å². The van der Waals surface area contributed by atoms with Crippen molar-refractivity contribution >= 4 is 26.9 Å². The van der Waals surface area contributed by atoms with E-state index in [4.69, 9.17) is 9.47 Å². The minimum absolute atomic E-state index is 0.0384. The Kier molecular flexibility index (Phi) is 5.43. The fourth-order valence-corrected chi connectivity index (χ4v) is 3.28. The Bertz CT molecular complexity index is 1060. The maximum Gasteiger partial charge on any atom is 0.276 e. The van der Waals surface area contributed by atoms with Crippen LogP contribution in [0.2, 0.25) is 0 Å². The number of nitrogens with zero attached hydrogens (tertiary/aromatic N) is 2. The van der Waals surface area contributed by atoms with Crippen molar-refractivity contribution in [2.45, 2.75) is 5.16 Å². The molecule has 0 saturated heterocycles. The molecule has 8 nitrogen and oxygen atoms in total. The lowest BCUT2D eigenvalue weighted by molar-refractivity contribution is 0.102.